The van der Waals surface area contributed by atoms with E-state index in [9.17, 15) is 5.11 Å². The van der Waals surface area contributed by atoms with Crippen molar-refractivity contribution < 1.29 is 9.84 Å². The van der Waals surface area contributed by atoms with E-state index in [-0.39, 0.29) is 7.43 Å². The van der Waals surface area contributed by atoms with Gasteiger partial charge in [0.2, 0.25) is 0 Å². The number of aliphatic hydroxyl groups is 1. The summed E-state index contributed by atoms with van der Waals surface area (Å²) >= 11 is 3.43. The van der Waals surface area contributed by atoms with Gasteiger partial charge in [-0.1, -0.05) is 7.43 Å². The number of hydrogen-bond donors (Lipinski definition) is 2. The second kappa shape index (κ2) is 7.23. The summed E-state index contributed by atoms with van der Waals surface area (Å²) in [4.78, 5) is 2.31. The molecule has 2 rings (SSSR count). The molecule has 2 heterocycles. The minimum Gasteiger partial charge on any atom is -0.387 e. The number of nitrogens with one attached hydrogen (secondary N) is 1. The molecule has 1 unspecified atom stereocenters. The number of aryl methyl sites for hydroxylation is 1. The van der Waals surface area contributed by atoms with Gasteiger partial charge in [0.05, 0.1) is 17.7 Å². The van der Waals surface area contributed by atoms with Gasteiger partial charge >= 0.3 is 0 Å². The molecule has 6 heteroatoms. The van der Waals surface area contributed by atoms with E-state index >= 15 is 0 Å². The zero-order valence-electron chi connectivity index (χ0n) is 9.95. The van der Waals surface area contributed by atoms with Crippen LogP contribution in [0, 0.1) is 6.92 Å². The Morgan fingerprint density at radius 2 is 2.17 bits per heavy atom. The van der Waals surface area contributed by atoms with E-state index in [1.807, 2.05) is 6.92 Å². The number of morpholine rings is 1. The van der Waals surface area contributed by atoms with Gasteiger partial charge in [-0.3, -0.25) is 10.00 Å². The number of nitrogens with zero attached hydrogens (tertiary/aromatic N) is 2. The predicted octanol–water partition coefficient (Wildman–Crippen LogP) is 1.87. The maximum absolute atomic E-state index is 10.1. The number of aromatic amines is 1. The van der Waals surface area contributed by atoms with Crippen molar-refractivity contribution >= 4 is 15.9 Å². The van der Waals surface area contributed by atoms with Crippen LogP contribution in [-0.4, -0.2) is 53.1 Å². The molecule has 1 aliphatic rings. The average Bonchev–Trinajstić information content (AvgIpc) is 2.69. The summed E-state index contributed by atoms with van der Waals surface area (Å²) in [6.07, 6.45) is 0.181. The molecule has 0 aromatic carbocycles. The van der Waals surface area contributed by atoms with Gasteiger partial charge in [0, 0.05) is 25.3 Å². The van der Waals surface area contributed by atoms with Crippen LogP contribution in [0.2, 0.25) is 0 Å². The molecule has 18 heavy (non-hydrogen) atoms. The van der Waals surface area contributed by atoms with E-state index in [4.69, 9.17) is 4.74 Å². The number of ether oxygens (including phenoxy) is 1. The molecule has 2 N–H and O–H groups in total. The van der Waals surface area contributed by atoms with E-state index in [2.05, 4.69) is 31.0 Å². The molecule has 1 aliphatic heterocycles. The summed E-state index contributed by atoms with van der Waals surface area (Å²) in [6, 6.07) is 0. The third-order valence-corrected chi connectivity index (χ3v) is 4.04. The van der Waals surface area contributed by atoms with Crippen LogP contribution in [0.5, 0.6) is 0 Å². The SMILES string of the molecule is C.Cc1[nH]nc(C(O)CCN2CCOCC2)c1Br. The first-order chi connectivity index (χ1) is 8.18. The van der Waals surface area contributed by atoms with Crippen molar-refractivity contribution in [3.05, 3.63) is 15.9 Å². The molecule has 5 nitrogen and oxygen atoms in total. The molecule has 1 aromatic heterocycles. The van der Waals surface area contributed by atoms with Crippen molar-refractivity contribution in [3.8, 4) is 0 Å². The number of hydrogen-bond acceptors (Lipinski definition) is 4. The van der Waals surface area contributed by atoms with Crippen molar-refractivity contribution in [1.29, 1.82) is 0 Å². The highest BCUT2D eigenvalue weighted by molar-refractivity contribution is 9.10. The highest BCUT2D eigenvalue weighted by Crippen LogP contribution is 2.26. The topological polar surface area (TPSA) is 61.4 Å². The molecule has 0 amide bonds. The molecule has 0 aliphatic carbocycles. The lowest BCUT2D eigenvalue weighted by Gasteiger charge is -2.27. The lowest BCUT2D eigenvalue weighted by molar-refractivity contribution is 0.0297. The van der Waals surface area contributed by atoms with E-state index in [1.54, 1.807) is 0 Å². The summed E-state index contributed by atoms with van der Waals surface area (Å²) in [5.74, 6) is 0. The van der Waals surface area contributed by atoms with E-state index in [0.717, 1.165) is 43.0 Å². The van der Waals surface area contributed by atoms with Crippen molar-refractivity contribution in [3.63, 3.8) is 0 Å². The standard InChI is InChI=1S/C11H18BrN3O2.CH4/c1-8-10(12)11(14-13-8)9(16)2-3-15-4-6-17-7-5-15;/h9,16H,2-7H2,1H3,(H,13,14);1H4. The highest BCUT2D eigenvalue weighted by Gasteiger charge is 2.18. The van der Waals surface area contributed by atoms with Gasteiger partial charge < -0.3 is 9.84 Å². The molecule has 1 atom stereocenters. The lowest BCUT2D eigenvalue weighted by atomic mass is 10.1. The Kier molecular flexibility index (Phi) is 6.28. The number of aromatic nitrogens is 2. The molecule has 1 saturated heterocycles. The fourth-order valence-corrected chi connectivity index (χ4v) is 2.36. The average molecular weight is 320 g/mol. The summed E-state index contributed by atoms with van der Waals surface area (Å²) in [7, 11) is 0. The third kappa shape index (κ3) is 3.78. The molecule has 0 spiro atoms. The number of H-pyrrole nitrogens is 1. The molecule has 104 valence electrons. The third-order valence-electron chi connectivity index (χ3n) is 3.04. The Hall–Kier alpha value is -0.430. The quantitative estimate of drug-likeness (QED) is 0.889. The first-order valence-electron chi connectivity index (χ1n) is 5.87. The normalized spacial score (nSPS) is 18.4. The van der Waals surface area contributed by atoms with Crippen molar-refractivity contribution in [1.82, 2.24) is 15.1 Å². The number of aliphatic hydroxyl groups excluding tert-OH is 1. The fraction of sp³-hybridized carbons (Fsp3) is 0.750. The van der Waals surface area contributed by atoms with Gasteiger partial charge in [0.25, 0.3) is 0 Å². The Balaban J connectivity index is 0.00000162. The molecule has 1 fully saturated rings. The second-order valence-corrected chi connectivity index (χ2v) is 5.10. The van der Waals surface area contributed by atoms with E-state index < -0.39 is 6.10 Å². The van der Waals surface area contributed by atoms with Gasteiger partial charge in [0.1, 0.15) is 11.8 Å². The summed E-state index contributed by atoms with van der Waals surface area (Å²) in [5.41, 5.74) is 1.65. The van der Waals surface area contributed by atoms with E-state index in [0.29, 0.717) is 12.1 Å². The van der Waals surface area contributed by atoms with Crippen LogP contribution in [0.15, 0.2) is 4.47 Å². The number of halogens is 1. The second-order valence-electron chi connectivity index (χ2n) is 4.31. The van der Waals surface area contributed by atoms with Gasteiger partial charge in [-0.15, -0.1) is 0 Å². The first kappa shape index (κ1) is 15.6. The number of rotatable bonds is 4. The molecule has 0 bridgehead atoms. The monoisotopic (exact) mass is 319 g/mol. The van der Waals surface area contributed by atoms with Crippen molar-refractivity contribution in [2.75, 3.05) is 32.8 Å². The molecule has 0 radical (unpaired) electrons. The van der Waals surface area contributed by atoms with Crippen LogP contribution >= 0.6 is 15.9 Å². The predicted molar refractivity (Wildman–Crippen MR) is 74.6 cm³/mol. The van der Waals surface area contributed by atoms with Gasteiger partial charge in [-0.25, -0.2) is 0 Å². The smallest absolute Gasteiger partial charge is 0.105 e. The van der Waals surface area contributed by atoms with Crippen LogP contribution in [0.3, 0.4) is 0 Å². The van der Waals surface area contributed by atoms with Crippen molar-refractivity contribution in [2.45, 2.75) is 26.9 Å². The van der Waals surface area contributed by atoms with Crippen LogP contribution in [0.4, 0.5) is 0 Å². The largest absolute Gasteiger partial charge is 0.387 e. The molecular weight excluding hydrogens is 298 g/mol. The zero-order chi connectivity index (χ0) is 12.3. The molecular formula is C12H22BrN3O2. The summed E-state index contributed by atoms with van der Waals surface area (Å²) in [5, 5.41) is 17.1. The van der Waals surface area contributed by atoms with E-state index in [1.165, 1.54) is 0 Å². The minimum absolute atomic E-state index is 0. The van der Waals surface area contributed by atoms with Gasteiger partial charge in [-0.2, -0.15) is 5.10 Å². The molecule has 0 saturated carbocycles. The lowest BCUT2D eigenvalue weighted by Crippen LogP contribution is -2.37. The Morgan fingerprint density at radius 1 is 1.50 bits per heavy atom. The maximum atomic E-state index is 10.1. The van der Waals surface area contributed by atoms with Gasteiger partial charge in [0.15, 0.2) is 0 Å². The van der Waals surface area contributed by atoms with Crippen LogP contribution in [-0.2, 0) is 4.74 Å². The first-order valence-corrected chi connectivity index (χ1v) is 6.66. The van der Waals surface area contributed by atoms with Crippen LogP contribution in [0.25, 0.3) is 0 Å². The van der Waals surface area contributed by atoms with Crippen molar-refractivity contribution in [2.24, 2.45) is 0 Å². The molecule has 1 aromatic rings. The summed E-state index contributed by atoms with van der Waals surface area (Å²) < 4.78 is 6.17. The highest BCUT2D eigenvalue weighted by atomic mass is 79.9. The fourth-order valence-electron chi connectivity index (χ4n) is 1.92. The maximum Gasteiger partial charge on any atom is 0.105 e. The zero-order valence-corrected chi connectivity index (χ0v) is 11.5. The summed E-state index contributed by atoms with van der Waals surface area (Å²) in [6.45, 7) is 6.29. The Bertz CT molecular complexity index is 364. The minimum atomic E-state index is -0.517. The Morgan fingerprint density at radius 3 is 2.72 bits per heavy atom. The Labute approximate surface area is 117 Å². The van der Waals surface area contributed by atoms with Crippen LogP contribution < -0.4 is 0 Å². The van der Waals surface area contributed by atoms with Gasteiger partial charge in [-0.05, 0) is 29.3 Å². The van der Waals surface area contributed by atoms with Crippen LogP contribution in [0.1, 0.15) is 31.3 Å².